The predicted octanol–water partition coefficient (Wildman–Crippen LogP) is -0.876. The highest BCUT2D eigenvalue weighted by atomic mass is 127. The first-order valence-electron chi connectivity index (χ1n) is 5.73. The van der Waals surface area contributed by atoms with Gasteiger partial charge in [0.05, 0.1) is 0 Å². The minimum absolute atomic E-state index is 0.486. The third kappa shape index (κ3) is 3.07. The predicted molar refractivity (Wildman–Crippen MR) is 73.0 cm³/mol. The molecule has 0 aromatic heterocycles. The SMILES string of the molecule is OC1O[C@H]([C@@H](O)c2ccc(I)cc2)[C@@H](O)[C@H](O)[C@H]1O. The van der Waals surface area contributed by atoms with Gasteiger partial charge in [0.2, 0.25) is 0 Å². The van der Waals surface area contributed by atoms with Crippen LogP contribution in [0.5, 0.6) is 0 Å². The molecule has 0 aliphatic carbocycles. The number of aliphatic hydroxyl groups is 5. The lowest BCUT2D eigenvalue weighted by molar-refractivity contribution is -0.297. The van der Waals surface area contributed by atoms with E-state index in [2.05, 4.69) is 22.6 Å². The average molecular weight is 382 g/mol. The van der Waals surface area contributed by atoms with Crippen LogP contribution in [0, 0.1) is 3.57 Å². The summed E-state index contributed by atoms with van der Waals surface area (Å²) in [7, 11) is 0. The van der Waals surface area contributed by atoms with Gasteiger partial charge in [-0.15, -0.1) is 0 Å². The molecule has 1 aliphatic rings. The minimum atomic E-state index is -1.65. The number of hydrogen-bond donors (Lipinski definition) is 5. The van der Waals surface area contributed by atoms with E-state index in [-0.39, 0.29) is 0 Å². The molecule has 1 unspecified atom stereocenters. The Morgan fingerprint density at radius 1 is 0.947 bits per heavy atom. The Hall–Kier alpha value is -0.290. The summed E-state index contributed by atoms with van der Waals surface area (Å²) in [6.45, 7) is 0. The number of rotatable bonds is 2. The lowest BCUT2D eigenvalue weighted by atomic mass is 9.92. The van der Waals surface area contributed by atoms with E-state index in [1.807, 2.05) is 0 Å². The normalized spacial score (nSPS) is 37.1. The van der Waals surface area contributed by atoms with E-state index < -0.39 is 36.8 Å². The molecule has 1 aliphatic heterocycles. The van der Waals surface area contributed by atoms with E-state index in [0.717, 1.165) is 3.57 Å². The van der Waals surface area contributed by atoms with Crippen LogP contribution in [0.15, 0.2) is 24.3 Å². The molecule has 0 saturated carbocycles. The Kier molecular flexibility index (Phi) is 4.77. The molecule has 0 spiro atoms. The number of halogens is 1. The zero-order chi connectivity index (χ0) is 14.2. The summed E-state index contributed by atoms with van der Waals surface area (Å²) < 4.78 is 5.95. The summed E-state index contributed by atoms with van der Waals surface area (Å²) in [4.78, 5) is 0. The highest BCUT2D eigenvalue weighted by Crippen LogP contribution is 2.29. The molecule has 1 heterocycles. The minimum Gasteiger partial charge on any atom is -0.387 e. The molecule has 1 fully saturated rings. The van der Waals surface area contributed by atoms with Crippen molar-refractivity contribution in [1.82, 2.24) is 0 Å². The summed E-state index contributed by atoms with van der Waals surface area (Å²) >= 11 is 2.11. The van der Waals surface area contributed by atoms with Gasteiger partial charge in [0.25, 0.3) is 0 Å². The summed E-state index contributed by atoms with van der Waals surface area (Å²) in [6.07, 6.45) is -8.76. The van der Waals surface area contributed by atoms with E-state index in [1.165, 1.54) is 0 Å². The molecule has 1 aromatic carbocycles. The van der Waals surface area contributed by atoms with E-state index in [0.29, 0.717) is 5.56 Å². The number of ether oxygens (including phenoxy) is 1. The largest absolute Gasteiger partial charge is 0.387 e. The van der Waals surface area contributed by atoms with Crippen molar-refractivity contribution in [1.29, 1.82) is 0 Å². The summed E-state index contributed by atoms with van der Waals surface area (Å²) in [6, 6.07) is 6.87. The van der Waals surface area contributed by atoms with Gasteiger partial charge in [-0.25, -0.2) is 0 Å². The van der Waals surface area contributed by atoms with Gasteiger partial charge in [0.1, 0.15) is 30.5 Å². The van der Waals surface area contributed by atoms with Crippen LogP contribution in [0.3, 0.4) is 0 Å². The Morgan fingerprint density at radius 3 is 2.11 bits per heavy atom. The second-order valence-corrected chi connectivity index (χ2v) is 5.71. The van der Waals surface area contributed by atoms with Crippen molar-refractivity contribution < 1.29 is 30.3 Å². The molecule has 0 radical (unpaired) electrons. The first kappa shape index (κ1) is 15.1. The maximum Gasteiger partial charge on any atom is 0.184 e. The van der Waals surface area contributed by atoms with Crippen LogP contribution < -0.4 is 0 Å². The van der Waals surface area contributed by atoms with Gasteiger partial charge in [-0.05, 0) is 40.3 Å². The summed E-state index contributed by atoms with van der Waals surface area (Å²) in [5.74, 6) is 0. The fourth-order valence-electron chi connectivity index (χ4n) is 2.00. The van der Waals surface area contributed by atoms with Gasteiger partial charge in [0, 0.05) is 3.57 Å². The molecule has 5 N–H and O–H groups in total. The molecule has 6 nitrogen and oxygen atoms in total. The zero-order valence-corrected chi connectivity index (χ0v) is 12.0. The Morgan fingerprint density at radius 2 is 1.53 bits per heavy atom. The summed E-state index contributed by atoms with van der Waals surface area (Å²) in [5.41, 5.74) is 0.486. The first-order valence-corrected chi connectivity index (χ1v) is 6.81. The fourth-order valence-corrected chi connectivity index (χ4v) is 2.36. The molecular formula is C12H15IO6. The van der Waals surface area contributed by atoms with Crippen molar-refractivity contribution in [2.45, 2.75) is 36.8 Å². The summed E-state index contributed by atoms with van der Waals surface area (Å²) in [5, 5.41) is 48.3. The Labute approximate surface area is 123 Å². The topological polar surface area (TPSA) is 110 Å². The Balaban J connectivity index is 2.18. The zero-order valence-electron chi connectivity index (χ0n) is 9.80. The molecule has 19 heavy (non-hydrogen) atoms. The van der Waals surface area contributed by atoms with Crippen molar-refractivity contribution in [3.63, 3.8) is 0 Å². The smallest absolute Gasteiger partial charge is 0.184 e. The van der Waals surface area contributed by atoms with Crippen LogP contribution in [0.25, 0.3) is 0 Å². The lowest BCUT2D eigenvalue weighted by Gasteiger charge is -2.40. The van der Waals surface area contributed by atoms with Crippen molar-refractivity contribution in [3.05, 3.63) is 33.4 Å². The lowest BCUT2D eigenvalue weighted by Crippen LogP contribution is -2.58. The van der Waals surface area contributed by atoms with Crippen molar-refractivity contribution >= 4 is 22.6 Å². The van der Waals surface area contributed by atoms with E-state index >= 15 is 0 Å². The van der Waals surface area contributed by atoms with Gasteiger partial charge in [-0.3, -0.25) is 0 Å². The van der Waals surface area contributed by atoms with Crippen molar-refractivity contribution in [2.75, 3.05) is 0 Å². The molecule has 6 atom stereocenters. The fraction of sp³-hybridized carbons (Fsp3) is 0.500. The van der Waals surface area contributed by atoms with Crippen LogP contribution in [0.1, 0.15) is 11.7 Å². The van der Waals surface area contributed by atoms with Crippen LogP contribution in [0.4, 0.5) is 0 Å². The third-order valence-corrected chi connectivity index (χ3v) is 3.87. The Bertz CT molecular complexity index is 425. The standard InChI is InChI=1S/C12H15IO6/c13-6-3-1-5(2-4-6)7(14)11-9(16)8(15)10(17)12(18)19-11/h1-4,7-12,14-18H/t7-,8-,9-,10+,11+,12?/m0/s1. The van der Waals surface area contributed by atoms with Gasteiger partial charge in [-0.2, -0.15) is 0 Å². The van der Waals surface area contributed by atoms with Crippen LogP contribution in [-0.2, 0) is 4.74 Å². The van der Waals surface area contributed by atoms with E-state index in [1.54, 1.807) is 24.3 Å². The highest BCUT2D eigenvalue weighted by Gasteiger charge is 2.46. The second-order valence-electron chi connectivity index (χ2n) is 4.46. The maximum absolute atomic E-state index is 10.1. The van der Waals surface area contributed by atoms with E-state index in [4.69, 9.17) is 4.74 Å². The van der Waals surface area contributed by atoms with Crippen LogP contribution >= 0.6 is 22.6 Å². The molecule has 0 amide bonds. The number of aliphatic hydroxyl groups excluding tert-OH is 5. The third-order valence-electron chi connectivity index (χ3n) is 3.15. The van der Waals surface area contributed by atoms with Gasteiger partial charge < -0.3 is 30.3 Å². The molecular weight excluding hydrogens is 367 g/mol. The monoisotopic (exact) mass is 382 g/mol. The molecule has 1 saturated heterocycles. The van der Waals surface area contributed by atoms with Gasteiger partial charge in [0.15, 0.2) is 6.29 Å². The molecule has 7 heteroatoms. The van der Waals surface area contributed by atoms with Crippen molar-refractivity contribution in [2.24, 2.45) is 0 Å². The number of hydrogen-bond acceptors (Lipinski definition) is 6. The van der Waals surface area contributed by atoms with Crippen LogP contribution in [0.2, 0.25) is 0 Å². The molecule has 106 valence electrons. The van der Waals surface area contributed by atoms with Gasteiger partial charge in [-0.1, -0.05) is 12.1 Å². The highest BCUT2D eigenvalue weighted by molar-refractivity contribution is 14.1. The maximum atomic E-state index is 10.1. The molecule has 1 aromatic rings. The van der Waals surface area contributed by atoms with Gasteiger partial charge >= 0.3 is 0 Å². The average Bonchev–Trinajstić information content (AvgIpc) is 2.40. The van der Waals surface area contributed by atoms with Crippen LogP contribution in [-0.4, -0.2) is 56.2 Å². The van der Waals surface area contributed by atoms with E-state index in [9.17, 15) is 25.5 Å². The second kappa shape index (κ2) is 6.00. The molecule has 2 rings (SSSR count). The first-order chi connectivity index (χ1) is 8.91. The number of benzene rings is 1. The quantitative estimate of drug-likeness (QED) is 0.426. The molecule has 0 bridgehead atoms. The van der Waals surface area contributed by atoms with Crippen molar-refractivity contribution in [3.8, 4) is 0 Å².